The van der Waals surface area contributed by atoms with Crippen LogP contribution in [-0.4, -0.2) is 71.6 Å². The lowest BCUT2D eigenvalue weighted by atomic mass is 10.0. The van der Waals surface area contributed by atoms with Gasteiger partial charge < -0.3 is 25.1 Å². The van der Waals surface area contributed by atoms with Crippen LogP contribution in [-0.2, 0) is 27.3 Å². The van der Waals surface area contributed by atoms with Gasteiger partial charge in [0.25, 0.3) is 0 Å². The Hall–Kier alpha value is -3.45. The van der Waals surface area contributed by atoms with E-state index < -0.39 is 24.2 Å². The molecule has 3 aliphatic rings. The number of morpholine rings is 1. The number of aromatic nitrogens is 2. The number of hydroxylamine groups is 2. The van der Waals surface area contributed by atoms with Crippen molar-refractivity contribution in [2.24, 2.45) is 0 Å². The fraction of sp³-hybridized carbons (Fsp3) is 0.500. The summed E-state index contributed by atoms with van der Waals surface area (Å²) < 4.78 is 43.4. The average Bonchev–Trinajstić information content (AvgIpc) is 3.72. The van der Waals surface area contributed by atoms with Crippen LogP contribution < -0.4 is 15.5 Å². The number of ether oxygens (including phenoxy) is 1. The first-order chi connectivity index (χ1) is 17.7. The highest BCUT2D eigenvalue weighted by Crippen LogP contribution is 2.31. The topological polar surface area (TPSA) is 109 Å². The number of halogens is 3. The molecule has 0 radical (unpaired) electrons. The van der Waals surface area contributed by atoms with Crippen LogP contribution in [0.5, 0.6) is 0 Å². The highest BCUT2D eigenvalue weighted by molar-refractivity contribution is 5.90. The summed E-state index contributed by atoms with van der Waals surface area (Å²) in [5.41, 5.74) is 3.11. The first-order valence-corrected chi connectivity index (χ1v) is 12.2. The maximum atomic E-state index is 12.6. The summed E-state index contributed by atoms with van der Waals surface area (Å²) in [5.74, 6) is -0.997. The van der Waals surface area contributed by atoms with Gasteiger partial charge in [0.2, 0.25) is 0 Å². The number of nitrogens with one attached hydrogen (secondary N) is 2. The van der Waals surface area contributed by atoms with Crippen molar-refractivity contribution >= 4 is 23.5 Å². The van der Waals surface area contributed by atoms with E-state index in [9.17, 15) is 22.8 Å². The second kappa shape index (κ2) is 10.1. The van der Waals surface area contributed by atoms with Gasteiger partial charge in [-0.05, 0) is 57.0 Å². The highest BCUT2D eigenvalue weighted by atomic mass is 19.4. The molecule has 2 aromatic rings. The van der Waals surface area contributed by atoms with Crippen LogP contribution in [0.4, 0.5) is 29.5 Å². The molecule has 0 bridgehead atoms. The number of carbonyl (C=O) groups is 2. The van der Waals surface area contributed by atoms with Crippen molar-refractivity contribution in [3.8, 4) is 11.4 Å². The van der Waals surface area contributed by atoms with Crippen LogP contribution in [0.3, 0.4) is 0 Å². The summed E-state index contributed by atoms with van der Waals surface area (Å²) in [5, 5.41) is 6.29. The number of benzene rings is 1. The van der Waals surface area contributed by atoms with Crippen molar-refractivity contribution in [2.75, 3.05) is 36.5 Å². The monoisotopic (exact) mass is 520 g/mol. The van der Waals surface area contributed by atoms with E-state index >= 15 is 0 Å². The van der Waals surface area contributed by atoms with Gasteiger partial charge in [0, 0.05) is 29.9 Å². The number of carbonyl (C=O) groups excluding carboxylic acids is 2. The Labute approximate surface area is 211 Å². The largest absolute Gasteiger partial charge is 0.493 e. The molecule has 0 spiro atoms. The lowest BCUT2D eigenvalue weighted by molar-refractivity contribution is -0.228. The molecule has 1 aromatic heterocycles. The third-order valence-electron chi connectivity index (χ3n) is 6.44. The number of rotatable bonds is 4. The molecule has 2 aliphatic heterocycles. The first kappa shape index (κ1) is 25.2. The van der Waals surface area contributed by atoms with Crippen LogP contribution in [0, 0.1) is 0 Å². The number of hydrogen-bond donors (Lipinski definition) is 2. The summed E-state index contributed by atoms with van der Waals surface area (Å²) in [7, 11) is 0. The molecule has 2 N–H and O–H groups in total. The van der Waals surface area contributed by atoms with E-state index in [0.717, 1.165) is 42.1 Å². The van der Waals surface area contributed by atoms with Crippen molar-refractivity contribution in [3.63, 3.8) is 0 Å². The Morgan fingerprint density at radius 1 is 1.22 bits per heavy atom. The van der Waals surface area contributed by atoms with Crippen LogP contribution >= 0.6 is 0 Å². The summed E-state index contributed by atoms with van der Waals surface area (Å²) in [6.07, 6.45) is -3.47. The molecule has 2 amide bonds. The number of alkyl halides is 3. The number of urea groups is 1. The van der Waals surface area contributed by atoms with Crippen LogP contribution in [0.2, 0.25) is 0 Å². The summed E-state index contributed by atoms with van der Waals surface area (Å²) in [6.45, 7) is 5.57. The predicted octanol–water partition coefficient (Wildman–Crippen LogP) is 3.03. The predicted molar refractivity (Wildman–Crippen MR) is 127 cm³/mol. The molecule has 1 saturated carbocycles. The van der Waals surface area contributed by atoms with Gasteiger partial charge in [0.05, 0.1) is 31.0 Å². The zero-order valence-corrected chi connectivity index (χ0v) is 20.2. The summed E-state index contributed by atoms with van der Waals surface area (Å²) >= 11 is 0. The van der Waals surface area contributed by atoms with Crippen LogP contribution in [0.15, 0.2) is 24.3 Å². The van der Waals surface area contributed by atoms with E-state index in [0.29, 0.717) is 49.2 Å². The minimum atomic E-state index is -5.20. The fourth-order valence-electron chi connectivity index (χ4n) is 4.36. The first-order valence-electron chi connectivity index (χ1n) is 12.2. The maximum Gasteiger partial charge on any atom is 0.493 e. The lowest BCUT2D eigenvalue weighted by Crippen LogP contribution is -2.45. The Morgan fingerprint density at radius 3 is 2.65 bits per heavy atom. The molecule has 1 aliphatic carbocycles. The number of hydrogen-bond acceptors (Lipinski definition) is 8. The smallest absolute Gasteiger partial charge is 0.377 e. The molecule has 37 heavy (non-hydrogen) atoms. The van der Waals surface area contributed by atoms with Crippen LogP contribution in [0.1, 0.15) is 31.0 Å². The zero-order chi connectivity index (χ0) is 26.2. The molecular weight excluding hydrogens is 493 g/mol. The quantitative estimate of drug-likeness (QED) is 0.593. The molecule has 1 unspecified atom stereocenters. The van der Waals surface area contributed by atoms with Gasteiger partial charge in [-0.15, -0.1) is 5.06 Å². The van der Waals surface area contributed by atoms with Gasteiger partial charge in [-0.3, -0.25) is 0 Å². The van der Waals surface area contributed by atoms with E-state index in [1.54, 1.807) is 24.3 Å². The van der Waals surface area contributed by atoms with Crippen molar-refractivity contribution in [1.82, 2.24) is 20.3 Å². The van der Waals surface area contributed by atoms with Gasteiger partial charge in [-0.25, -0.2) is 19.6 Å². The number of anilines is 2. The minimum Gasteiger partial charge on any atom is -0.377 e. The molecule has 3 heterocycles. The molecule has 2 fully saturated rings. The minimum absolute atomic E-state index is 0.175. The number of nitrogens with zero attached hydrogens (tertiary/aromatic N) is 4. The van der Waals surface area contributed by atoms with Gasteiger partial charge >= 0.3 is 18.2 Å². The second-order valence-electron chi connectivity index (χ2n) is 9.28. The van der Waals surface area contributed by atoms with E-state index in [4.69, 9.17) is 14.7 Å². The zero-order valence-electron chi connectivity index (χ0n) is 20.2. The van der Waals surface area contributed by atoms with Crippen molar-refractivity contribution in [1.29, 1.82) is 0 Å². The summed E-state index contributed by atoms with van der Waals surface area (Å²) in [4.78, 5) is 40.0. The van der Waals surface area contributed by atoms with Gasteiger partial charge in [0.15, 0.2) is 5.82 Å². The second-order valence-corrected chi connectivity index (χ2v) is 9.28. The molecule has 10 nitrogen and oxygen atoms in total. The van der Waals surface area contributed by atoms with Crippen LogP contribution in [0.25, 0.3) is 11.4 Å². The third kappa shape index (κ3) is 5.62. The van der Waals surface area contributed by atoms with E-state index in [-0.39, 0.29) is 6.04 Å². The highest BCUT2D eigenvalue weighted by Gasteiger charge is 2.46. The van der Waals surface area contributed by atoms with Gasteiger partial charge in [0.1, 0.15) is 5.82 Å². The molecule has 1 aromatic carbocycles. The lowest BCUT2D eigenvalue weighted by Gasteiger charge is -2.36. The normalized spacial score (nSPS) is 19.7. The maximum absolute atomic E-state index is 12.6. The molecule has 5 rings (SSSR count). The Kier molecular flexibility index (Phi) is 6.90. The van der Waals surface area contributed by atoms with Crippen molar-refractivity contribution < 1.29 is 32.3 Å². The van der Waals surface area contributed by atoms with E-state index in [1.807, 2.05) is 0 Å². The van der Waals surface area contributed by atoms with E-state index in [1.165, 1.54) is 0 Å². The Balaban J connectivity index is 1.35. The number of amides is 2. The van der Waals surface area contributed by atoms with Gasteiger partial charge in [-0.2, -0.15) is 13.2 Å². The van der Waals surface area contributed by atoms with Gasteiger partial charge in [-0.1, -0.05) is 0 Å². The molecule has 13 heteroatoms. The molecule has 198 valence electrons. The standard InChI is InChI=1S/C24H27F3N6O4/c1-14-13-36-11-10-32(14)21-18-8-9-28-12-19(18)30-20(31-21)15-2-4-16(5-3-15)29-23(35)33(17-6-7-17)37-22(34)24(25,26)27/h2-5,14,17,28H,6-13H2,1H3,(H,29,35). The SMILES string of the molecule is CC1COCCN1c1nc(-c2ccc(NC(=O)N(OC(=O)C(F)(F)F)C3CC3)cc2)nc2c1CCNC2. The molecular formula is C24H27F3N6O4. The summed E-state index contributed by atoms with van der Waals surface area (Å²) in [6, 6.07) is 5.29. The molecule has 1 atom stereocenters. The third-order valence-corrected chi connectivity index (χ3v) is 6.44. The number of fused-ring (bicyclic) bond motifs is 1. The molecule has 1 saturated heterocycles. The Bertz CT molecular complexity index is 1170. The fourth-order valence-corrected chi connectivity index (χ4v) is 4.36. The average molecular weight is 521 g/mol. The van der Waals surface area contributed by atoms with E-state index in [2.05, 4.69) is 27.3 Å². The Morgan fingerprint density at radius 2 is 1.97 bits per heavy atom. The van der Waals surface area contributed by atoms with Crippen molar-refractivity contribution in [2.45, 2.75) is 51.0 Å². The van der Waals surface area contributed by atoms with Crippen molar-refractivity contribution in [3.05, 3.63) is 35.5 Å².